The van der Waals surface area contributed by atoms with Gasteiger partial charge >= 0.3 is 11.9 Å². The first-order valence-corrected chi connectivity index (χ1v) is 10.5. The molecule has 3 aromatic rings. The summed E-state index contributed by atoms with van der Waals surface area (Å²) >= 11 is 0. The molecule has 1 heterocycles. The third kappa shape index (κ3) is 6.82. The van der Waals surface area contributed by atoms with Crippen LogP contribution in [-0.2, 0) is 26.2 Å². The van der Waals surface area contributed by atoms with Crippen LogP contribution in [0.15, 0.2) is 77.8 Å². The number of halogens is 2. The number of hydrogen-bond acceptors (Lipinski definition) is 5. The fraction of sp³-hybridized carbons (Fsp3) is 0.0909. The highest BCUT2D eigenvalue weighted by atomic mass is 32.2. The third-order valence-corrected chi connectivity index (χ3v) is 5.71. The molecule has 0 spiro atoms. The Morgan fingerprint density at radius 2 is 1.67 bits per heavy atom. The molecular formula is C22H20F2N2O6S. The van der Waals surface area contributed by atoms with Crippen LogP contribution in [0.2, 0.25) is 0 Å². The number of nitrogens with zero attached hydrogens (tertiary/aromatic N) is 1. The summed E-state index contributed by atoms with van der Waals surface area (Å²) in [4.78, 5) is 18.9. The molecule has 2 aromatic carbocycles. The van der Waals surface area contributed by atoms with E-state index in [0.29, 0.717) is 17.7 Å². The molecule has 0 unspecified atom stereocenters. The van der Waals surface area contributed by atoms with E-state index in [4.69, 9.17) is 14.3 Å². The lowest BCUT2D eigenvalue weighted by molar-refractivity contribution is -0.134. The van der Waals surface area contributed by atoms with Gasteiger partial charge in [0.2, 0.25) is 0 Å². The molecule has 0 aliphatic rings. The fourth-order valence-electron chi connectivity index (χ4n) is 2.62. The van der Waals surface area contributed by atoms with Crippen LogP contribution in [-0.4, -0.2) is 41.5 Å². The van der Waals surface area contributed by atoms with Crippen molar-refractivity contribution in [2.45, 2.75) is 11.4 Å². The molecule has 0 radical (unpaired) electrons. The minimum atomic E-state index is -4.17. The van der Waals surface area contributed by atoms with E-state index in [1.807, 2.05) is 0 Å². The lowest BCUT2D eigenvalue weighted by atomic mass is 10.1. The van der Waals surface area contributed by atoms with Crippen molar-refractivity contribution >= 4 is 22.0 Å². The molecule has 0 aliphatic heterocycles. The molecule has 0 amide bonds. The Labute approximate surface area is 192 Å². The monoisotopic (exact) mass is 481 g/mol. The van der Waals surface area contributed by atoms with Crippen molar-refractivity contribution in [3.63, 3.8) is 0 Å². The second kappa shape index (κ2) is 11.2. The second-order valence-corrected chi connectivity index (χ2v) is 8.15. The fourth-order valence-corrected chi connectivity index (χ4v) is 4.01. The molecule has 11 heteroatoms. The first-order valence-electron chi connectivity index (χ1n) is 10.6. The lowest BCUT2D eigenvalue weighted by Gasteiger charge is -2.11. The van der Waals surface area contributed by atoms with Crippen molar-refractivity contribution in [3.8, 4) is 11.3 Å². The topological polar surface area (TPSA) is 126 Å². The van der Waals surface area contributed by atoms with Gasteiger partial charge in [-0.2, -0.15) is 0 Å². The molecule has 33 heavy (non-hydrogen) atoms. The number of carbonyl (C=O) groups is 2. The van der Waals surface area contributed by atoms with E-state index in [1.54, 1.807) is 6.07 Å². The van der Waals surface area contributed by atoms with Crippen molar-refractivity contribution in [2.24, 2.45) is 0 Å². The zero-order chi connectivity index (χ0) is 27.1. The summed E-state index contributed by atoms with van der Waals surface area (Å²) in [5, 5.41) is 17.9. The first kappa shape index (κ1) is 21.0. The van der Waals surface area contributed by atoms with E-state index in [9.17, 15) is 26.8 Å². The number of carboxylic acid groups (broad SMARTS) is 2. The predicted molar refractivity (Wildman–Crippen MR) is 116 cm³/mol. The number of nitrogens with one attached hydrogen (secondary N) is 1. The molecule has 0 saturated carbocycles. The van der Waals surface area contributed by atoms with Crippen molar-refractivity contribution in [2.75, 3.05) is 6.98 Å². The van der Waals surface area contributed by atoms with E-state index in [2.05, 4.69) is 5.32 Å². The molecule has 1 aromatic heterocycles. The third-order valence-electron chi connectivity index (χ3n) is 4.02. The van der Waals surface area contributed by atoms with Crippen LogP contribution < -0.4 is 5.32 Å². The number of aliphatic carboxylic acids is 2. The standard InChI is InChI=1S/C18H16F2N2O2S.C4H4O4/c1-21-11-13-10-18(16-4-2-3-5-17(16)20)22(12-13)25(23,24)15-8-6-14(19)7-9-15;5-3(6)1-2-4(7)8/h2-10,12,21H,11H2,1H3;1-2H,(H,5,6)(H,7,8)/b;2-1+/i1D3;. The Morgan fingerprint density at radius 1 is 1.06 bits per heavy atom. The minimum Gasteiger partial charge on any atom is -0.478 e. The maximum atomic E-state index is 14.3. The van der Waals surface area contributed by atoms with Crippen molar-refractivity contribution in [1.82, 2.24) is 9.29 Å². The average molecular weight is 481 g/mol. The highest BCUT2D eigenvalue weighted by molar-refractivity contribution is 7.90. The highest BCUT2D eigenvalue weighted by Gasteiger charge is 2.23. The Kier molecular flexibility index (Phi) is 7.11. The number of aromatic nitrogens is 1. The number of benzene rings is 2. The van der Waals surface area contributed by atoms with E-state index in [0.717, 1.165) is 28.2 Å². The van der Waals surface area contributed by atoms with Crippen molar-refractivity contribution < 1.29 is 41.1 Å². The molecule has 174 valence electrons. The van der Waals surface area contributed by atoms with Gasteiger partial charge in [-0.3, -0.25) is 0 Å². The minimum absolute atomic E-state index is 0.0322. The van der Waals surface area contributed by atoms with Crippen molar-refractivity contribution in [3.05, 3.63) is 90.1 Å². The summed E-state index contributed by atoms with van der Waals surface area (Å²) in [7, 11) is -4.17. The SMILES string of the molecule is O=C(O)/C=C/C(=O)O.[2H]C([2H])([2H])NCc1cc(-c2ccccc2F)n(S(=O)(=O)c2ccc(F)cc2)c1. The smallest absolute Gasteiger partial charge is 0.328 e. The lowest BCUT2D eigenvalue weighted by Crippen LogP contribution is -2.14. The Morgan fingerprint density at radius 3 is 2.21 bits per heavy atom. The molecule has 0 fully saturated rings. The van der Waals surface area contributed by atoms with E-state index in [-0.39, 0.29) is 22.7 Å². The molecule has 8 nitrogen and oxygen atoms in total. The van der Waals surface area contributed by atoms with Crippen LogP contribution in [0, 0.1) is 11.6 Å². The van der Waals surface area contributed by atoms with Crippen LogP contribution in [0.25, 0.3) is 11.3 Å². The molecule has 0 aliphatic carbocycles. The zero-order valence-corrected chi connectivity index (χ0v) is 17.6. The number of carboxylic acids is 2. The van der Waals surface area contributed by atoms with Crippen LogP contribution in [0.3, 0.4) is 0 Å². The summed E-state index contributed by atoms with van der Waals surface area (Å²) in [6, 6.07) is 11.3. The maximum Gasteiger partial charge on any atom is 0.328 e. The molecule has 3 N–H and O–H groups in total. The van der Waals surface area contributed by atoms with E-state index >= 15 is 0 Å². The Balaban J connectivity index is 0.000000493. The first-order chi connectivity index (χ1) is 16.7. The molecule has 0 saturated heterocycles. The quantitative estimate of drug-likeness (QED) is 0.443. The van der Waals surface area contributed by atoms with Gasteiger partial charge in [0.15, 0.2) is 0 Å². The second-order valence-electron chi connectivity index (χ2n) is 6.33. The predicted octanol–water partition coefficient (Wildman–Crippen LogP) is 3.10. The van der Waals surface area contributed by atoms with Gasteiger partial charge in [-0.1, -0.05) is 12.1 Å². The average Bonchev–Trinajstić information content (AvgIpc) is 3.22. The van der Waals surface area contributed by atoms with Gasteiger partial charge in [-0.25, -0.2) is 30.8 Å². The molecule has 3 rings (SSSR count). The Hall–Kier alpha value is -3.83. The van der Waals surface area contributed by atoms with Gasteiger partial charge in [0.25, 0.3) is 10.0 Å². The van der Waals surface area contributed by atoms with E-state index < -0.39 is 40.6 Å². The van der Waals surface area contributed by atoms with Gasteiger partial charge in [-0.15, -0.1) is 0 Å². The summed E-state index contributed by atoms with van der Waals surface area (Å²) in [6.45, 7) is -2.57. The van der Waals surface area contributed by atoms with Gasteiger partial charge in [0.05, 0.1) is 10.6 Å². The van der Waals surface area contributed by atoms with Gasteiger partial charge in [0.1, 0.15) is 11.6 Å². The van der Waals surface area contributed by atoms with Gasteiger partial charge in [-0.05, 0) is 55.0 Å². The summed E-state index contributed by atoms with van der Waals surface area (Å²) in [5.74, 6) is -3.74. The zero-order valence-electron chi connectivity index (χ0n) is 19.8. The highest BCUT2D eigenvalue weighted by Crippen LogP contribution is 2.29. The number of hydrogen-bond donors (Lipinski definition) is 3. The molecule has 0 bridgehead atoms. The van der Waals surface area contributed by atoms with Crippen LogP contribution >= 0.6 is 0 Å². The normalized spacial score (nSPS) is 12.8. The van der Waals surface area contributed by atoms with E-state index in [1.165, 1.54) is 30.5 Å². The number of rotatable bonds is 7. The Bertz CT molecular complexity index is 1360. The maximum absolute atomic E-state index is 14.3. The molecule has 0 atom stereocenters. The van der Waals surface area contributed by atoms with Crippen molar-refractivity contribution in [1.29, 1.82) is 0 Å². The summed E-state index contributed by atoms with van der Waals surface area (Å²) in [5.41, 5.74) is 0.401. The van der Waals surface area contributed by atoms with Crippen LogP contribution in [0.1, 0.15) is 9.68 Å². The largest absolute Gasteiger partial charge is 0.478 e. The summed E-state index contributed by atoms with van der Waals surface area (Å²) in [6.07, 6.45) is 2.34. The van der Waals surface area contributed by atoms with Crippen LogP contribution in [0.4, 0.5) is 8.78 Å². The molecular weight excluding hydrogens is 458 g/mol. The summed E-state index contributed by atoms with van der Waals surface area (Å²) < 4.78 is 76.1. The van der Waals surface area contributed by atoms with Crippen LogP contribution in [0.5, 0.6) is 0 Å². The van der Waals surface area contributed by atoms with Gasteiger partial charge in [0, 0.05) is 34.6 Å². The van der Waals surface area contributed by atoms with Gasteiger partial charge < -0.3 is 15.5 Å².